The third-order valence-electron chi connectivity index (χ3n) is 5.23. The second-order valence-electron chi connectivity index (χ2n) is 6.48. The standard InChI is InChI=1S/C15H28O/c1-4-5-13-14-8-10(2)6-7-12(14)11(3)9-15(13)16/h10-16H,4-9H2,1-3H3. The molecule has 2 aliphatic rings. The van der Waals surface area contributed by atoms with Crippen molar-refractivity contribution in [1.82, 2.24) is 0 Å². The molecule has 94 valence electrons. The lowest BCUT2D eigenvalue weighted by Crippen LogP contribution is -2.44. The van der Waals surface area contributed by atoms with Crippen molar-refractivity contribution in [3.05, 3.63) is 0 Å². The van der Waals surface area contributed by atoms with Crippen molar-refractivity contribution >= 4 is 0 Å². The second kappa shape index (κ2) is 5.08. The zero-order chi connectivity index (χ0) is 11.7. The Morgan fingerprint density at radius 3 is 2.50 bits per heavy atom. The van der Waals surface area contributed by atoms with Gasteiger partial charge in [-0.3, -0.25) is 0 Å². The van der Waals surface area contributed by atoms with E-state index in [1.807, 2.05) is 0 Å². The summed E-state index contributed by atoms with van der Waals surface area (Å²) in [6.45, 7) is 7.01. The maximum Gasteiger partial charge on any atom is 0.0573 e. The molecule has 6 unspecified atom stereocenters. The lowest BCUT2D eigenvalue weighted by molar-refractivity contribution is -0.0559. The van der Waals surface area contributed by atoms with Gasteiger partial charge in [0.1, 0.15) is 0 Å². The summed E-state index contributed by atoms with van der Waals surface area (Å²) in [6, 6.07) is 0. The molecule has 0 aromatic rings. The van der Waals surface area contributed by atoms with Crippen LogP contribution in [0.15, 0.2) is 0 Å². The van der Waals surface area contributed by atoms with Crippen LogP contribution in [0.5, 0.6) is 0 Å². The van der Waals surface area contributed by atoms with Crippen molar-refractivity contribution in [3.63, 3.8) is 0 Å². The van der Waals surface area contributed by atoms with Crippen molar-refractivity contribution in [2.75, 3.05) is 0 Å². The first kappa shape index (κ1) is 12.4. The molecule has 0 radical (unpaired) electrons. The molecule has 0 aromatic carbocycles. The summed E-state index contributed by atoms with van der Waals surface area (Å²) in [7, 11) is 0. The van der Waals surface area contributed by atoms with Gasteiger partial charge >= 0.3 is 0 Å². The second-order valence-corrected chi connectivity index (χ2v) is 6.48. The molecule has 16 heavy (non-hydrogen) atoms. The Kier molecular flexibility index (Phi) is 3.94. The first-order valence-corrected chi connectivity index (χ1v) is 7.31. The van der Waals surface area contributed by atoms with Gasteiger partial charge in [0.05, 0.1) is 6.10 Å². The lowest BCUT2D eigenvalue weighted by atomic mass is 9.58. The third-order valence-corrected chi connectivity index (χ3v) is 5.23. The van der Waals surface area contributed by atoms with E-state index in [0.29, 0.717) is 5.92 Å². The van der Waals surface area contributed by atoms with Crippen molar-refractivity contribution in [2.45, 2.75) is 65.4 Å². The molecule has 1 nitrogen and oxygen atoms in total. The molecule has 0 bridgehead atoms. The zero-order valence-electron chi connectivity index (χ0n) is 11.2. The van der Waals surface area contributed by atoms with Gasteiger partial charge in [0.25, 0.3) is 0 Å². The number of hydrogen-bond acceptors (Lipinski definition) is 1. The summed E-state index contributed by atoms with van der Waals surface area (Å²) in [4.78, 5) is 0. The fourth-order valence-electron chi connectivity index (χ4n) is 4.40. The van der Waals surface area contributed by atoms with Crippen LogP contribution >= 0.6 is 0 Å². The van der Waals surface area contributed by atoms with Gasteiger partial charge < -0.3 is 5.11 Å². The minimum atomic E-state index is -0.0125. The number of aliphatic hydroxyl groups is 1. The number of aliphatic hydroxyl groups excluding tert-OH is 1. The number of rotatable bonds is 2. The van der Waals surface area contributed by atoms with E-state index in [2.05, 4.69) is 20.8 Å². The normalized spacial score (nSPS) is 48.8. The number of hydrogen-bond donors (Lipinski definition) is 1. The largest absolute Gasteiger partial charge is 0.393 e. The highest BCUT2D eigenvalue weighted by atomic mass is 16.3. The lowest BCUT2D eigenvalue weighted by Gasteiger charge is -2.49. The van der Waals surface area contributed by atoms with Crippen molar-refractivity contribution in [1.29, 1.82) is 0 Å². The summed E-state index contributed by atoms with van der Waals surface area (Å²) in [5, 5.41) is 10.3. The van der Waals surface area contributed by atoms with E-state index in [4.69, 9.17) is 0 Å². The Morgan fingerprint density at radius 1 is 1.06 bits per heavy atom. The van der Waals surface area contributed by atoms with E-state index < -0.39 is 0 Å². The molecule has 2 fully saturated rings. The fraction of sp³-hybridized carbons (Fsp3) is 1.00. The van der Waals surface area contributed by atoms with Crippen LogP contribution in [0.4, 0.5) is 0 Å². The van der Waals surface area contributed by atoms with E-state index in [0.717, 1.165) is 30.1 Å². The smallest absolute Gasteiger partial charge is 0.0573 e. The average molecular weight is 224 g/mol. The first-order valence-electron chi connectivity index (χ1n) is 7.31. The van der Waals surface area contributed by atoms with Crippen LogP contribution in [0.3, 0.4) is 0 Å². The molecular weight excluding hydrogens is 196 g/mol. The Hall–Kier alpha value is -0.0400. The SMILES string of the molecule is CCCC1C(O)CC(C)C2CCC(C)CC21. The molecule has 6 atom stereocenters. The summed E-state index contributed by atoms with van der Waals surface area (Å²) in [5.74, 6) is 3.98. The molecule has 2 saturated carbocycles. The van der Waals surface area contributed by atoms with Gasteiger partial charge in [0.15, 0.2) is 0 Å². The van der Waals surface area contributed by atoms with Crippen molar-refractivity contribution in [3.8, 4) is 0 Å². The van der Waals surface area contributed by atoms with Crippen LogP contribution in [0.2, 0.25) is 0 Å². The Morgan fingerprint density at radius 2 is 1.81 bits per heavy atom. The predicted molar refractivity (Wildman–Crippen MR) is 68.2 cm³/mol. The van der Waals surface area contributed by atoms with Crippen LogP contribution in [0, 0.1) is 29.6 Å². The summed E-state index contributed by atoms with van der Waals surface area (Å²) >= 11 is 0. The van der Waals surface area contributed by atoms with Crippen LogP contribution in [0.25, 0.3) is 0 Å². The summed E-state index contributed by atoms with van der Waals surface area (Å²) in [5.41, 5.74) is 0. The molecule has 0 spiro atoms. The molecule has 2 rings (SSSR count). The highest BCUT2D eigenvalue weighted by molar-refractivity contribution is 4.93. The molecular formula is C15H28O. The van der Waals surface area contributed by atoms with Crippen molar-refractivity contribution < 1.29 is 5.11 Å². The van der Waals surface area contributed by atoms with Crippen LogP contribution in [0.1, 0.15) is 59.3 Å². The van der Waals surface area contributed by atoms with E-state index in [1.54, 1.807) is 0 Å². The van der Waals surface area contributed by atoms with Crippen LogP contribution < -0.4 is 0 Å². The van der Waals surface area contributed by atoms with E-state index in [1.165, 1.54) is 32.1 Å². The van der Waals surface area contributed by atoms with E-state index in [-0.39, 0.29) is 6.10 Å². The van der Waals surface area contributed by atoms with Gasteiger partial charge in [-0.1, -0.05) is 33.6 Å². The van der Waals surface area contributed by atoms with Gasteiger partial charge in [0, 0.05) is 0 Å². The van der Waals surface area contributed by atoms with Gasteiger partial charge in [-0.05, 0) is 55.3 Å². The summed E-state index contributed by atoms with van der Waals surface area (Å²) in [6.07, 6.45) is 7.72. The van der Waals surface area contributed by atoms with Crippen molar-refractivity contribution in [2.24, 2.45) is 29.6 Å². The zero-order valence-corrected chi connectivity index (χ0v) is 11.2. The highest BCUT2D eigenvalue weighted by Crippen LogP contribution is 2.49. The van der Waals surface area contributed by atoms with Gasteiger partial charge in [0.2, 0.25) is 0 Å². The minimum absolute atomic E-state index is 0.0125. The monoisotopic (exact) mass is 224 g/mol. The average Bonchev–Trinajstić information content (AvgIpc) is 2.23. The van der Waals surface area contributed by atoms with Crippen LogP contribution in [-0.2, 0) is 0 Å². The number of fused-ring (bicyclic) bond motifs is 1. The fourth-order valence-corrected chi connectivity index (χ4v) is 4.40. The quantitative estimate of drug-likeness (QED) is 0.755. The Balaban J connectivity index is 2.11. The molecule has 1 heteroatoms. The van der Waals surface area contributed by atoms with Gasteiger partial charge in [-0.15, -0.1) is 0 Å². The molecule has 2 aliphatic carbocycles. The maximum atomic E-state index is 10.3. The Bertz CT molecular complexity index is 225. The summed E-state index contributed by atoms with van der Waals surface area (Å²) < 4.78 is 0. The molecule has 0 aromatic heterocycles. The highest BCUT2D eigenvalue weighted by Gasteiger charge is 2.43. The molecule has 0 amide bonds. The maximum absolute atomic E-state index is 10.3. The predicted octanol–water partition coefficient (Wildman–Crippen LogP) is 3.86. The molecule has 0 saturated heterocycles. The van der Waals surface area contributed by atoms with Gasteiger partial charge in [-0.25, -0.2) is 0 Å². The van der Waals surface area contributed by atoms with E-state index >= 15 is 0 Å². The Labute approximate surface area is 101 Å². The minimum Gasteiger partial charge on any atom is -0.393 e. The van der Waals surface area contributed by atoms with Gasteiger partial charge in [-0.2, -0.15) is 0 Å². The molecule has 0 aliphatic heterocycles. The first-order chi connectivity index (χ1) is 7.63. The molecule has 0 heterocycles. The molecule has 1 N–H and O–H groups in total. The van der Waals surface area contributed by atoms with E-state index in [9.17, 15) is 5.11 Å². The van der Waals surface area contributed by atoms with Crippen LogP contribution in [-0.4, -0.2) is 11.2 Å². The third kappa shape index (κ3) is 2.30. The topological polar surface area (TPSA) is 20.2 Å².